The van der Waals surface area contributed by atoms with Crippen molar-refractivity contribution in [2.24, 2.45) is 0 Å². The van der Waals surface area contributed by atoms with E-state index in [1.807, 2.05) is 34.9 Å². The molecule has 0 saturated carbocycles. The lowest BCUT2D eigenvalue weighted by atomic mass is 10.2. The molecule has 5 nitrogen and oxygen atoms in total. The molecule has 0 spiro atoms. The van der Waals surface area contributed by atoms with E-state index in [1.165, 1.54) is 11.8 Å². The molecule has 2 aromatic rings. The first-order valence-corrected chi connectivity index (χ1v) is 6.87. The number of benzene rings is 1. The number of aromatic nitrogens is 3. The van der Waals surface area contributed by atoms with Gasteiger partial charge in [0.15, 0.2) is 10.9 Å². The van der Waals surface area contributed by atoms with Crippen LogP contribution in [-0.2, 0) is 11.3 Å². The number of hydrogen-bond acceptors (Lipinski definition) is 5. The Morgan fingerprint density at radius 2 is 2.16 bits per heavy atom. The van der Waals surface area contributed by atoms with Gasteiger partial charge in [0, 0.05) is 19.2 Å². The van der Waals surface area contributed by atoms with E-state index in [-0.39, 0.29) is 5.78 Å². The lowest BCUT2D eigenvalue weighted by Crippen LogP contribution is -2.07. The van der Waals surface area contributed by atoms with Gasteiger partial charge in [-0.25, -0.2) is 0 Å². The van der Waals surface area contributed by atoms with E-state index in [9.17, 15) is 4.79 Å². The van der Waals surface area contributed by atoms with Gasteiger partial charge in [-0.2, -0.15) is 0 Å². The van der Waals surface area contributed by atoms with Gasteiger partial charge in [-0.05, 0) is 0 Å². The maximum absolute atomic E-state index is 12.0. The summed E-state index contributed by atoms with van der Waals surface area (Å²) < 4.78 is 6.89. The van der Waals surface area contributed by atoms with Gasteiger partial charge in [0.2, 0.25) is 0 Å². The number of methoxy groups -OCH3 is 1. The molecule has 0 radical (unpaired) electrons. The standard InChI is InChI=1S/C13H15N3O2S/c1-18-8-7-16-10-14-15-13(16)19-9-12(17)11-5-3-2-4-6-11/h2-6,10H,7-9H2,1H3. The SMILES string of the molecule is COCCn1cnnc1SCC(=O)c1ccccc1. The predicted octanol–water partition coefficient (Wildman–Crippen LogP) is 1.90. The second-order valence-electron chi connectivity index (χ2n) is 3.88. The fraction of sp³-hybridized carbons (Fsp3) is 0.308. The Morgan fingerprint density at radius 1 is 1.37 bits per heavy atom. The van der Waals surface area contributed by atoms with E-state index in [0.29, 0.717) is 18.9 Å². The summed E-state index contributed by atoms with van der Waals surface area (Å²) in [4.78, 5) is 12.0. The Bertz CT molecular complexity index is 528. The van der Waals surface area contributed by atoms with Gasteiger partial charge in [-0.15, -0.1) is 10.2 Å². The Hall–Kier alpha value is -1.66. The maximum atomic E-state index is 12.0. The van der Waals surface area contributed by atoms with Crippen LogP contribution in [0, 0.1) is 0 Å². The van der Waals surface area contributed by atoms with Gasteiger partial charge in [-0.3, -0.25) is 4.79 Å². The molecule has 19 heavy (non-hydrogen) atoms. The van der Waals surface area contributed by atoms with Gasteiger partial charge in [0.25, 0.3) is 0 Å². The van der Waals surface area contributed by atoms with Crippen molar-refractivity contribution in [1.29, 1.82) is 0 Å². The number of hydrogen-bond donors (Lipinski definition) is 0. The molecule has 0 aliphatic rings. The number of nitrogens with zero attached hydrogens (tertiary/aromatic N) is 3. The van der Waals surface area contributed by atoms with Crippen molar-refractivity contribution in [2.45, 2.75) is 11.7 Å². The Labute approximate surface area is 116 Å². The van der Waals surface area contributed by atoms with Crippen molar-refractivity contribution < 1.29 is 9.53 Å². The molecule has 0 aliphatic heterocycles. The molecule has 0 saturated heterocycles. The molecule has 0 unspecified atom stereocenters. The monoisotopic (exact) mass is 277 g/mol. The predicted molar refractivity (Wildman–Crippen MR) is 73.4 cm³/mol. The summed E-state index contributed by atoms with van der Waals surface area (Å²) in [6.07, 6.45) is 1.65. The van der Waals surface area contributed by atoms with E-state index in [0.717, 1.165) is 10.7 Å². The zero-order valence-corrected chi connectivity index (χ0v) is 11.5. The molecule has 1 aromatic carbocycles. The molecule has 1 heterocycles. The van der Waals surface area contributed by atoms with Gasteiger partial charge in [0.1, 0.15) is 6.33 Å². The first-order valence-electron chi connectivity index (χ1n) is 5.89. The highest BCUT2D eigenvalue weighted by Gasteiger charge is 2.10. The molecule has 2 rings (SSSR count). The van der Waals surface area contributed by atoms with E-state index >= 15 is 0 Å². The topological polar surface area (TPSA) is 57.0 Å². The van der Waals surface area contributed by atoms with Crippen LogP contribution in [0.15, 0.2) is 41.8 Å². The minimum absolute atomic E-state index is 0.0897. The molecule has 1 aromatic heterocycles. The quantitative estimate of drug-likeness (QED) is 0.571. The van der Waals surface area contributed by atoms with Gasteiger partial charge < -0.3 is 9.30 Å². The zero-order valence-electron chi connectivity index (χ0n) is 10.7. The molecule has 6 heteroatoms. The van der Waals surface area contributed by atoms with Crippen LogP contribution in [0.5, 0.6) is 0 Å². The summed E-state index contributed by atoms with van der Waals surface area (Å²) in [5, 5.41) is 8.59. The van der Waals surface area contributed by atoms with Crippen LogP contribution < -0.4 is 0 Å². The van der Waals surface area contributed by atoms with Crippen LogP contribution in [0.3, 0.4) is 0 Å². The largest absolute Gasteiger partial charge is 0.383 e. The van der Waals surface area contributed by atoms with E-state index in [4.69, 9.17) is 4.74 Å². The van der Waals surface area contributed by atoms with Crippen molar-refractivity contribution in [2.75, 3.05) is 19.5 Å². The number of rotatable bonds is 7. The fourth-order valence-corrected chi connectivity index (χ4v) is 2.37. The third kappa shape index (κ3) is 3.90. The highest BCUT2D eigenvalue weighted by Crippen LogP contribution is 2.16. The van der Waals surface area contributed by atoms with Crippen LogP contribution in [0.25, 0.3) is 0 Å². The van der Waals surface area contributed by atoms with Crippen LogP contribution in [0.1, 0.15) is 10.4 Å². The molecular formula is C13H15N3O2S. The Kier molecular flexibility index (Phi) is 5.11. The number of ether oxygens (including phenoxy) is 1. The summed E-state index contributed by atoms with van der Waals surface area (Å²) in [7, 11) is 1.65. The van der Waals surface area contributed by atoms with Crippen LogP contribution in [0.2, 0.25) is 0 Å². The Morgan fingerprint density at radius 3 is 2.89 bits per heavy atom. The molecule has 0 bridgehead atoms. The third-order valence-corrected chi connectivity index (χ3v) is 3.53. The van der Waals surface area contributed by atoms with Crippen LogP contribution in [-0.4, -0.2) is 40.0 Å². The third-order valence-electron chi connectivity index (χ3n) is 2.54. The fourth-order valence-electron chi connectivity index (χ4n) is 1.54. The van der Waals surface area contributed by atoms with Crippen molar-refractivity contribution in [3.63, 3.8) is 0 Å². The second kappa shape index (κ2) is 7.06. The molecule has 100 valence electrons. The minimum atomic E-state index is 0.0897. The lowest BCUT2D eigenvalue weighted by molar-refractivity contribution is 0.102. The van der Waals surface area contributed by atoms with Crippen molar-refractivity contribution in [1.82, 2.24) is 14.8 Å². The molecule has 0 aliphatic carbocycles. The summed E-state index contributed by atoms with van der Waals surface area (Å²) >= 11 is 1.39. The number of carbonyl (C=O) groups is 1. The van der Waals surface area contributed by atoms with Crippen LogP contribution >= 0.6 is 11.8 Å². The maximum Gasteiger partial charge on any atom is 0.191 e. The highest BCUT2D eigenvalue weighted by molar-refractivity contribution is 7.99. The average Bonchev–Trinajstić information content (AvgIpc) is 2.91. The van der Waals surface area contributed by atoms with Gasteiger partial charge in [0.05, 0.1) is 12.4 Å². The molecule has 0 amide bonds. The molecule has 0 atom stereocenters. The van der Waals surface area contributed by atoms with E-state index < -0.39 is 0 Å². The van der Waals surface area contributed by atoms with Crippen molar-refractivity contribution in [3.8, 4) is 0 Å². The van der Waals surface area contributed by atoms with Crippen molar-refractivity contribution in [3.05, 3.63) is 42.2 Å². The first-order chi connectivity index (χ1) is 9.31. The van der Waals surface area contributed by atoms with Crippen molar-refractivity contribution >= 4 is 17.5 Å². The summed E-state index contributed by atoms with van der Waals surface area (Å²) in [6.45, 7) is 1.28. The molecule has 0 fully saturated rings. The van der Waals surface area contributed by atoms with Gasteiger partial charge >= 0.3 is 0 Å². The first kappa shape index (κ1) is 13.8. The normalized spacial score (nSPS) is 10.6. The van der Waals surface area contributed by atoms with E-state index in [2.05, 4.69) is 10.2 Å². The smallest absolute Gasteiger partial charge is 0.191 e. The summed E-state index contributed by atoms with van der Waals surface area (Å²) in [6, 6.07) is 9.25. The minimum Gasteiger partial charge on any atom is -0.383 e. The molecular weight excluding hydrogens is 262 g/mol. The number of Topliss-reactive ketones (excluding diaryl/α,β-unsaturated/α-hetero) is 1. The Balaban J connectivity index is 1.92. The van der Waals surface area contributed by atoms with Crippen LogP contribution in [0.4, 0.5) is 0 Å². The van der Waals surface area contributed by atoms with Gasteiger partial charge in [-0.1, -0.05) is 42.1 Å². The summed E-state index contributed by atoms with van der Waals surface area (Å²) in [5.74, 6) is 0.447. The summed E-state index contributed by atoms with van der Waals surface area (Å²) in [5.41, 5.74) is 0.720. The number of carbonyl (C=O) groups excluding carboxylic acids is 1. The van der Waals surface area contributed by atoms with E-state index in [1.54, 1.807) is 13.4 Å². The lowest BCUT2D eigenvalue weighted by Gasteiger charge is -2.05. The molecule has 0 N–H and O–H groups in total. The second-order valence-corrected chi connectivity index (χ2v) is 4.82. The number of thioether (sulfide) groups is 1. The average molecular weight is 277 g/mol. The highest BCUT2D eigenvalue weighted by atomic mass is 32.2. The zero-order chi connectivity index (χ0) is 13.5. The number of ketones is 1.